The molecule has 0 aromatic heterocycles. The molecular weight excluding hydrogens is 218 g/mol. The molecule has 0 bridgehead atoms. The first-order chi connectivity index (χ1) is 8.79. The van der Waals surface area contributed by atoms with E-state index in [0.29, 0.717) is 6.04 Å². The number of hydrogen-bond acceptors (Lipinski definition) is 1. The van der Waals surface area contributed by atoms with Crippen molar-refractivity contribution in [3.05, 3.63) is 71.3 Å². The lowest BCUT2D eigenvalue weighted by atomic mass is 9.98. The van der Waals surface area contributed by atoms with Gasteiger partial charge >= 0.3 is 0 Å². The van der Waals surface area contributed by atoms with Gasteiger partial charge in [0.1, 0.15) is 0 Å². The fraction of sp³-hybridized carbons (Fsp3) is 0.294. The van der Waals surface area contributed by atoms with E-state index in [2.05, 4.69) is 66.8 Å². The molecule has 2 aromatic carbocycles. The molecule has 1 nitrogen and oxygen atoms in total. The van der Waals surface area contributed by atoms with Crippen LogP contribution in [0, 0.1) is 6.92 Å². The third-order valence-corrected chi connectivity index (χ3v) is 3.36. The fourth-order valence-electron chi connectivity index (χ4n) is 2.32. The zero-order valence-electron chi connectivity index (χ0n) is 11.2. The van der Waals surface area contributed by atoms with Crippen molar-refractivity contribution in [3.8, 4) is 0 Å². The lowest BCUT2D eigenvalue weighted by Crippen LogP contribution is -2.17. The predicted molar refractivity (Wildman–Crippen MR) is 77.7 cm³/mol. The average Bonchev–Trinajstić information content (AvgIpc) is 2.41. The maximum absolute atomic E-state index is 3.42. The summed E-state index contributed by atoms with van der Waals surface area (Å²) in [5.74, 6) is 0. The Bertz CT molecular complexity index is 476. The molecule has 0 radical (unpaired) electrons. The highest BCUT2D eigenvalue weighted by Crippen LogP contribution is 2.19. The highest BCUT2D eigenvalue weighted by molar-refractivity contribution is 5.25. The van der Waals surface area contributed by atoms with Crippen LogP contribution in [0.25, 0.3) is 0 Å². The Labute approximate surface area is 110 Å². The molecule has 1 heteroatoms. The minimum absolute atomic E-state index is 0.435. The van der Waals surface area contributed by atoms with Crippen molar-refractivity contribution < 1.29 is 0 Å². The summed E-state index contributed by atoms with van der Waals surface area (Å²) >= 11 is 0. The minimum Gasteiger partial charge on any atom is -0.313 e. The minimum atomic E-state index is 0.435. The standard InChI is InChI=1S/C17H21N/c1-14-7-6-10-16(13-14)17(18-2)12-11-15-8-4-3-5-9-15/h3-10,13,17-18H,11-12H2,1-2H3. The molecule has 94 valence electrons. The van der Waals surface area contributed by atoms with Crippen molar-refractivity contribution >= 4 is 0 Å². The van der Waals surface area contributed by atoms with E-state index in [1.54, 1.807) is 0 Å². The van der Waals surface area contributed by atoms with Crippen molar-refractivity contribution in [2.24, 2.45) is 0 Å². The smallest absolute Gasteiger partial charge is 0.0320 e. The SMILES string of the molecule is CNC(CCc1ccccc1)c1cccc(C)c1. The Morgan fingerprint density at radius 2 is 1.78 bits per heavy atom. The summed E-state index contributed by atoms with van der Waals surface area (Å²) in [6.45, 7) is 2.15. The van der Waals surface area contributed by atoms with Gasteiger partial charge in [-0.3, -0.25) is 0 Å². The Hall–Kier alpha value is -1.60. The normalized spacial score (nSPS) is 12.3. The molecule has 0 amide bonds. The molecule has 0 saturated heterocycles. The van der Waals surface area contributed by atoms with Gasteiger partial charge in [-0.15, -0.1) is 0 Å². The van der Waals surface area contributed by atoms with Crippen LogP contribution in [-0.4, -0.2) is 7.05 Å². The third kappa shape index (κ3) is 3.44. The van der Waals surface area contributed by atoms with E-state index >= 15 is 0 Å². The summed E-state index contributed by atoms with van der Waals surface area (Å²) in [6.07, 6.45) is 2.24. The Morgan fingerprint density at radius 3 is 2.44 bits per heavy atom. The number of benzene rings is 2. The van der Waals surface area contributed by atoms with Crippen LogP contribution >= 0.6 is 0 Å². The molecule has 1 unspecified atom stereocenters. The fourth-order valence-corrected chi connectivity index (χ4v) is 2.32. The predicted octanol–water partition coefficient (Wildman–Crippen LogP) is 3.89. The average molecular weight is 239 g/mol. The number of nitrogens with one attached hydrogen (secondary N) is 1. The van der Waals surface area contributed by atoms with Crippen molar-refractivity contribution in [1.29, 1.82) is 0 Å². The van der Waals surface area contributed by atoms with E-state index < -0.39 is 0 Å². The second kappa shape index (κ2) is 6.36. The Balaban J connectivity index is 2.02. The molecule has 1 N–H and O–H groups in total. The van der Waals surface area contributed by atoms with Crippen LogP contribution in [0.4, 0.5) is 0 Å². The number of aryl methyl sites for hydroxylation is 2. The van der Waals surface area contributed by atoms with Crippen molar-refractivity contribution in [3.63, 3.8) is 0 Å². The Morgan fingerprint density at radius 1 is 1.00 bits per heavy atom. The summed E-state index contributed by atoms with van der Waals surface area (Å²) in [5, 5.41) is 3.42. The lowest BCUT2D eigenvalue weighted by Gasteiger charge is -2.17. The van der Waals surface area contributed by atoms with Crippen molar-refractivity contribution in [2.75, 3.05) is 7.05 Å². The molecule has 0 aliphatic carbocycles. The monoisotopic (exact) mass is 239 g/mol. The number of rotatable bonds is 5. The highest BCUT2D eigenvalue weighted by atomic mass is 14.9. The molecule has 0 fully saturated rings. The van der Waals surface area contributed by atoms with Crippen molar-refractivity contribution in [2.45, 2.75) is 25.8 Å². The molecule has 18 heavy (non-hydrogen) atoms. The lowest BCUT2D eigenvalue weighted by molar-refractivity contribution is 0.549. The van der Waals surface area contributed by atoms with Gasteiger partial charge in [-0.1, -0.05) is 60.2 Å². The molecule has 0 aliphatic heterocycles. The van der Waals surface area contributed by atoms with E-state index in [-0.39, 0.29) is 0 Å². The zero-order chi connectivity index (χ0) is 12.8. The second-order valence-corrected chi connectivity index (χ2v) is 4.78. The van der Waals surface area contributed by atoms with Gasteiger partial charge in [0.25, 0.3) is 0 Å². The molecule has 0 spiro atoms. The van der Waals surface area contributed by atoms with Gasteiger partial charge in [0, 0.05) is 6.04 Å². The second-order valence-electron chi connectivity index (χ2n) is 4.78. The topological polar surface area (TPSA) is 12.0 Å². The van der Waals surface area contributed by atoms with Crippen LogP contribution in [0.1, 0.15) is 29.2 Å². The van der Waals surface area contributed by atoms with Gasteiger partial charge in [-0.05, 0) is 37.9 Å². The molecule has 0 aliphatic rings. The van der Waals surface area contributed by atoms with E-state index in [4.69, 9.17) is 0 Å². The van der Waals surface area contributed by atoms with Crippen molar-refractivity contribution in [1.82, 2.24) is 5.32 Å². The molecule has 0 saturated carbocycles. The first-order valence-corrected chi connectivity index (χ1v) is 6.57. The van der Waals surface area contributed by atoms with E-state index in [1.165, 1.54) is 16.7 Å². The quantitative estimate of drug-likeness (QED) is 0.834. The van der Waals surface area contributed by atoms with Gasteiger partial charge in [0.15, 0.2) is 0 Å². The van der Waals surface area contributed by atoms with Gasteiger partial charge in [-0.25, -0.2) is 0 Å². The van der Waals surface area contributed by atoms with E-state index in [1.807, 2.05) is 7.05 Å². The highest BCUT2D eigenvalue weighted by Gasteiger charge is 2.08. The van der Waals surface area contributed by atoms with Crippen LogP contribution < -0.4 is 5.32 Å². The Kier molecular flexibility index (Phi) is 4.54. The molecule has 1 atom stereocenters. The summed E-state index contributed by atoms with van der Waals surface area (Å²) in [4.78, 5) is 0. The van der Waals surface area contributed by atoms with Gasteiger partial charge < -0.3 is 5.32 Å². The third-order valence-electron chi connectivity index (χ3n) is 3.36. The molecule has 2 aromatic rings. The van der Waals surface area contributed by atoms with Gasteiger partial charge in [-0.2, -0.15) is 0 Å². The van der Waals surface area contributed by atoms with Crippen LogP contribution in [0.2, 0.25) is 0 Å². The van der Waals surface area contributed by atoms with Crippen LogP contribution in [-0.2, 0) is 6.42 Å². The molecule has 0 heterocycles. The first-order valence-electron chi connectivity index (χ1n) is 6.57. The van der Waals surface area contributed by atoms with E-state index in [9.17, 15) is 0 Å². The maximum Gasteiger partial charge on any atom is 0.0320 e. The van der Waals surface area contributed by atoms with E-state index in [0.717, 1.165) is 12.8 Å². The molecule has 2 rings (SSSR count). The van der Waals surface area contributed by atoms with Crippen LogP contribution in [0.3, 0.4) is 0 Å². The van der Waals surface area contributed by atoms with Crippen LogP contribution in [0.15, 0.2) is 54.6 Å². The maximum atomic E-state index is 3.42. The summed E-state index contributed by atoms with van der Waals surface area (Å²) < 4.78 is 0. The van der Waals surface area contributed by atoms with Crippen LogP contribution in [0.5, 0.6) is 0 Å². The summed E-state index contributed by atoms with van der Waals surface area (Å²) in [6, 6.07) is 19.9. The molecular formula is C17H21N. The zero-order valence-corrected chi connectivity index (χ0v) is 11.2. The number of hydrogen-bond donors (Lipinski definition) is 1. The van der Waals surface area contributed by atoms with Gasteiger partial charge in [0.2, 0.25) is 0 Å². The largest absolute Gasteiger partial charge is 0.313 e. The first kappa shape index (κ1) is 12.8. The summed E-state index contributed by atoms with van der Waals surface area (Å²) in [7, 11) is 2.04. The van der Waals surface area contributed by atoms with Gasteiger partial charge in [0.05, 0.1) is 0 Å². The summed E-state index contributed by atoms with van der Waals surface area (Å²) in [5.41, 5.74) is 4.12.